The van der Waals surface area contributed by atoms with Crippen molar-refractivity contribution in [2.75, 3.05) is 29.0 Å². The smallest absolute Gasteiger partial charge is 0.248 e. The van der Waals surface area contributed by atoms with Crippen LogP contribution in [0.1, 0.15) is 43.7 Å². The zero-order chi connectivity index (χ0) is 25.1. The highest BCUT2D eigenvalue weighted by Crippen LogP contribution is 2.26. The van der Waals surface area contributed by atoms with Gasteiger partial charge in [0.15, 0.2) is 0 Å². The van der Waals surface area contributed by atoms with Crippen molar-refractivity contribution in [3.05, 3.63) is 53.6 Å². The van der Waals surface area contributed by atoms with Gasteiger partial charge in [-0.25, -0.2) is 16.8 Å². The molecule has 1 heterocycles. The van der Waals surface area contributed by atoms with E-state index in [4.69, 9.17) is 0 Å². The van der Waals surface area contributed by atoms with Crippen LogP contribution in [0.2, 0.25) is 0 Å². The van der Waals surface area contributed by atoms with Crippen LogP contribution >= 0.6 is 0 Å². The molecule has 3 rings (SSSR count). The van der Waals surface area contributed by atoms with Crippen molar-refractivity contribution in [3.8, 4) is 0 Å². The lowest BCUT2D eigenvalue weighted by molar-refractivity contribution is -0.117. The normalized spacial score (nSPS) is 16.1. The molecule has 1 amide bonds. The minimum Gasteiger partial charge on any atom is -0.324 e. The first-order chi connectivity index (χ1) is 15.9. The van der Waals surface area contributed by atoms with Gasteiger partial charge in [0.25, 0.3) is 0 Å². The van der Waals surface area contributed by atoms with Crippen molar-refractivity contribution >= 4 is 37.3 Å². The van der Waals surface area contributed by atoms with Gasteiger partial charge < -0.3 is 5.32 Å². The topological polar surface area (TPSA) is 104 Å². The van der Waals surface area contributed by atoms with E-state index in [1.165, 1.54) is 28.6 Å². The molecule has 1 aliphatic rings. The molecule has 34 heavy (non-hydrogen) atoms. The summed E-state index contributed by atoms with van der Waals surface area (Å²) in [6, 6.07) is 10.3. The van der Waals surface area contributed by atoms with Gasteiger partial charge in [0.05, 0.1) is 16.8 Å². The number of hydrogen-bond acceptors (Lipinski definition) is 5. The SMILES string of the molecule is CCC(C(=O)Nc1ccc(S(=O)(=O)N2CCCCC2)cc1)N(c1ccc(C)c(C)c1)S(C)(=O)=O. The van der Waals surface area contributed by atoms with Crippen LogP contribution in [-0.2, 0) is 24.8 Å². The predicted molar refractivity (Wildman–Crippen MR) is 135 cm³/mol. The standard InChI is InChI=1S/C24H33N3O5S2/c1-5-23(27(33(4,29)30)21-12-9-18(2)19(3)17-21)24(28)25-20-10-13-22(14-11-20)34(31,32)26-15-7-6-8-16-26/h9-14,17,23H,5-8,15-16H2,1-4H3,(H,25,28). The molecular weight excluding hydrogens is 474 g/mol. The van der Waals surface area contributed by atoms with E-state index in [1.807, 2.05) is 19.9 Å². The maximum Gasteiger partial charge on any atom is 0.248 e. The van der Waals surface area contributed by atoms with Crippen LogP contribution < -0.4 is 9.62 Å². The van der Waals surface area contributed by atoms with Crippen LogP contribution in [0.5, 0.6) is 0 Å². The molecule has 1 saturated heterocycles. The Labute approximate surface area is 203 Å². The van der Waals surface area contributed by atoms with Gasteiger partial charge in [-0.05, 0) is 80.6 Å². The van der Waals surface area contributed by atoms with E-state index in [2.05, 4.69) is 5.32 Å². The number of aryl methyl sites for hydroxylation is 2. The summed E-state index contributed by atoms with van der Waals surface area (Å²) in [4.78, 5) is 13.3. The van der Waals surface area contributed by atoms with E-state index in [0.717, 1.165) is 41.0 Å². The van der Waals surface area contributed by atoms with Crippen LogP contribution in [0.25, 0.3) is 0 Å². The molecular formula is C24H33N3O5S2. The van der Waals surface area contributed by atoms with E-state index in [0.29, 0.717) is 24.5 Å². The van der Waals surface area contributed by atoms with Gasteiger partial charge in [0.2, 0.25) is 26.0 Å². The van der Waals surface area contributed by atoms with Gasteiger partial charge in [-0.2, -0.15) is 4.31 Å². The van der Waals surface area contributed by atoms with E-state index in [9.17, 15) is 21.6 Å². The van der Waals surface area contributed by atoms with Gasteiger partial charge in [-0.1, -0.05) is 19.4 Å². The van der Waals surface area contributed by atoms with Gasteiger partial charge in [-0.15, -0.1) is 0 Å². The number of hydrogen-bond donors (Lipinski definition) is 1. The van der Waals surface area contributed by atoms with Crippen LogP contribution in [0.15, 0.2) is 47.4 Å². The first-order valence-corrected chi connectivity index (χ1v) is 14.7. The van der Waals surface area contributed by atoms with Crippen molar-refractivity contribution in [1.82, 2.24) is 4.31 Å². The van der Waals surface area contributed by atoms with E-state index >= 15 is 0 Å². The fourth-order valence-electron chi connectivity index (χ4n) is 4.11. The summed E-state index contributed by atoms with van der Waals surface area (Å²) in [6.45, 7) is 6.60. The quantitative estimate of drug-likeness (QED) is 0.587. The number of piperidine rings is 1. The summed E-state index contributed by atoms with van der Waals surface area (Å²) in [7, 11) is -7.32. The Morgan fingerprint density at radius 1 is 0.971 bits per heavy atom. The molecule has 0 aromatic heterocycles. The molecule has 186 valence electrons. The maximum atomic E-state index is 13.1. The molecule has 0 spiro atoms. The van der Waals surface area contributed by atoms with E-state index < -0.39 is 32.0 Å². The molecule has 1 unspecified atom stereocenters. The Kier molecular flexibility index (Phi) is 8.05. The third-order valence-electron chi connectivity index (χ3n) is 6.15. The summed E-state index contributed by atoms with van der Waals surface area (Å²) < 4.78 is 53.7. The van der Waals surface area contributed by atoms with E-state index in [-0.39, 0.29) is 11.3 Å². The minimum atomic E-state index is -3.75. The average molecular weight is 508 g/mol. The predicted octanol–water partition coefficient (Wildman–Crippen LogP) is 3.66. The fourth-order valence-corrected chi connectivity index (χ4v) is 6.83. The molecule has 0 radical (unpaired) electrons. The highest BCUT2D eigenvalue weighted by atomic mass is 32.2. The molecule has 0 bridgehead atoms. The molecule has 2 aromatic carbocycles. The second-order valence-corrected chi connectivity index (χ2v) is 12.5. The first-order valence-electron chi connectivity index (χ1n) is 11.4. The van der Waals surface area contributed by atoms with Crippen molar-refractivity contribution in [2.45, 2.75) is 57.4 Å². The number of carbonyl (C=O) groups is 1. The summed E-state index contributed by atoms with van der Waals surface area (Å²) in [5.74, 6) is -0.488. The Hall–Kier alpha value is -2.43. The Morgan fingerprint density at radius 3 is 2.12 bits per heavy atom. The van der Waals surface area contributed by atoms with Crippen LogP contribution in [-0.4, -0.2) is 52.4 Å². The minimum absolute atomic E-state index is 0.173. The zero-order valence-electron chi connectivity index (χ0n) is 20.1. The number of nitrogens with one attached hydrogen (secondary N) is 1. The first kappa shape index (κ1) is 26.2. The lowest BCUT2D eigenvalue weighted by Gasteiger charge is -2.30. The van der Waals surface area contributed by atoms with Crippen LogP contribution in [0.4, 0.5) is 11.4 Å². The number of nitrogens with zero attached hydrogens (tertiary/aromatic N) is 2. The van der Waals surface area contributed by atoms with Gasteiger partial charge in [0.1, 0.15) is 6.04 Å². The van der Waals surface area contributed by atoms with Crippen molar-refractivity contribution < 1.29 is 21.6 Å². The van der Waals surface area contributed by atoms with Crippen molar-refractivity contribution in [3.63, 3.8) is 0 Å². The summed E-state index contributed by atoms with van der Waals surface area (Å²) >= 11 is 0. The molecule has 8 nitrogen and oxygen atoms in total. The highest BCUT2D eigenvalue weighted by Gasteiger charge is 2.32. The Bertz CT molecular complexity index is 1240. The number of rotatable bonds is 8. The van der Waals surface area contributed by atoms with Gasteiger partial charge >= 0.3 is 0 Å². The average Bonchev–Trinajstić information content (AvgIpc) is 2.79. The number of anilines is 2. The molecule has 0 saturated carbocycles. The molecule has 10 heteroatoms. The van der Waals surface area contributed by atoms with Crippen molar-refractivity contribution in [1.29, 1.82) is 0 Å². The molecule has 0 aliphatic carbocycles. The van der Waals surface area contributed by atoms with Gasteiger partial charge in [0, 0.05) is 18.8 Å². The molecule has 1 fully saturated rings. The molecule has 2 aromatic rings. The summed E-state index contributed by atoms with van der Waals surface area (Å²) in [5.41, 5.74) is 2.77. The Balaban J connectivity index is 1.82. The maximum absolute atomic E-state index is 13.1. The highest BCUT2D eigenvalue weighted by molar-refractivity contribution is 7.92. The zero-order valence-corrected chi connectivity index (χ0v) is 21.7. The van der Waals surface area contributed by atoms with Gasteiger partial charge in [-0.3, -0.25) is 9.10 Å². The number of carbonyl (C=O) groups excluding carboxylic acids is 1. The number of sulfonamides is 2. The van der Waals surface area contributed by atoms with Crippen molar-refractivity contribution in [2.24, 2.45) is 0 Å². The molecule has 1 atom stereocenters. The fraction of sp³-hybridized carbons (Fsp3) is 0.458. The molecule has 1 N–H and O–H groups in total. The van der Waals surface area contributed by atoms with Crippen LogP contribution in [0.3, 0.4) is 0 Å². The monoisotopic (exact) mass is 507 g/mol. The third kappa shape index (κ3) is 5.79. The largest absolute Gasteiger partial charge is 0.324 e. The lowest BCUT2D eigenvalue weighted by Crippen LogP contribution is -2.47. The Morgan fingerprint density at radius 2 is 1.59 bits per heavy atom. The number of benzene rings is 2. The lowest BCUT2D eigenvalue weighted by atomic mass is 10.1. The third-order valence-corrected chi connectivity index (χ3v) is 9.24. The molecule has 1 aliphatic heterocycles. The van der Waals surface area contributed by atoms with Crippen LogP contribution in [0, 0.1) is 13.8 Å². The second-order valence-electron chi connectivity index (χ2n) is 8.73. The van der Waals surface area contributed by atoms with E-state index in [1.54, 1.807) is 19.1 Å². The summed E-state index contributed by atoms with van der Waals surface area (Å²) in [6.07, 6.45) is 4.07. The summed E-state index contributed by atoms with van der Waals surface area (Å²) in [5, 5.41) is 2.75. The number of amides is 1. The second kappa shape index (κ2) is 10.5.